The van der Waals surface area contributed by atoms with E-state index in [0.717, 1.165) is 6.07 Å². The first kappa shape index (κ1) is 12.7. The van der Waals surface area contributed by atoms with Crippen LogP contribution in [0.1, 0.15) is 15.9 Å². The summed E-state index contributed by atoms with van der Waals surface area (Å²) in [5, 5.41) is 19.5. The van der Waals surface area contributed by atoms with Crippen LogP contribution in [0.3, 0.4) is 0 Å². The average Bonchev–Trinajstić information content (AvgIpc) is 2.25. The molecule has 0 radical (unpaired) electrons. The number of nitro benzene ring substituents is 1. The molecule has 1 aromatic carbocycles. The molecule has 0 heterocycles. The van der Waals surface area contributed by atoms with Crippen molar-refractivity contribution in [1.82, 2.24) is 4.90 Å². The van der Waals surface area contributed by atoms with Gasteiger partial charge in [-0.1, -0.05) is 0 Å². The fourth-order valence-electron chi connectivity index (χ4n) is 1.22. The van der Waals surface area contributed by atoms with Crippen LogP contribution >= 0.6 is 0 Å². The average molecular weight is 236 g/mol. The second-order valence-electron chi connectivity index (χ2n) is 3.61. The molecule has 0 aliphatic carbocycles. The van der Waals surface area contributed by atoms with E-state index in [0.29, 0.717) is 5.56 Å². The maximum Gasteiger partial charge on any atom is 0.336 e. The maximum atomic E-state index is 11.0. The third-order valence-corrected chi connectivity index (χ3v) is 2.03. The van der Waals surface area contributed by atoms with Crippen LogP contribution in [0.25, 0.3) is 6.08 Å². The molecule has 6 nitrogen and oxygen atoms in total. The van der Waals surface area contributed by atoms with E-state index in [1.165, 1.54) is 12.1 Å². The fraction of sp³-hybridized carbons (Fsp3) is 0.182. The highest BCUT2D eigenvalue weighted by atomic mass is 16.6. The summed E-state index contributed by atoms with van der Waals surface area (Å²) in [5.74, 6) is -1.19. The van der Waals surface area contributed by atoms with E-state index in [-0.39, 0.29) is 11.3 Å². The van der Waals surface area contributed by atoms with E-state index in [2.05, 4.69) is 0 Å². The Morgan fingerprint density at radius 1 is 1.47 bits per heavy atom. The summed E-state index contributed by atoms with van der Waals surface area (Å²) in [6.45, 7) is 0. The summed E-state index contributed by atoms with van der Waals surface area (Å²) in [6.07, 6.45) is 3.26. The van der Waals surface area contributed by atoms with Gasteiger partial charge in [0.05, 0.1) is 10.5 Å². The molecule has 0 saturated heterocycles. The Morgan fingerprint density at radius 3 is 2.59 bits per heavy atom. The van der Waals surface area contributed by atoms with E-state index in [1.54, 1.807) is 31.3 Å². The molecule has 1 rings (SSSR count). The molecule has 0 saturated carbocycles. The molecule has 0 spiro atoms. The number of carboxylic acid groups (broad SMARTS) is 1. The SMILES string of the molecule is CN(C)/C=C/c1ccc([N+](=O)[O-])cc1C(=O)O. The lowest BCUT2D eigenvalue weighted by Gasteiger charge is -2.05. The summed E-state index contributed by atoms with van der Waals surface area (Å²) < 4.78 is 0. The van der Waals surface area contributed by atoms with Gasteiger partial charge in [-0.15, -0.1) is 0 Å². The van der Waals surface area contributed by atoms with Gasteiger partial charge in [0.1, 0.15) is 0 Å². The van der Waals surface area contributed by atoms with Crippen LogP contribution < -0.4 is 0 Å². The molecule has 17 heavy (non-hydrogen) atoms. The van der Waals surface area contributed by atoms with Crippen LogP contribution in [-0.2, 0) is 0 Å². The Morgan fingerprint density at radius 2 is 2.12 bits per heavy atom. The smallest absolute Gasteiger partial charge is 0.336 e. The number of aromatic carboxylic acids is 1. The number of nitro groups is 1. The van der Waals surface area contributed by atoms with E-state index in [9.17, 15) is 14.9 Å². The number of carbonyl (C=O) groups is 1. The van der Waals surface area contributed by atoms with Gasteiger partial charge >= 0.3 is 5.97 Å². The van der Waals surface area contributed by atoms with E-state index in [1.807, 2.05) is 0 Å². The van der Waals surface area contributed by atoms with Crippen LogP contribution in [0.15, 0.2) is 24.4 Å². The zero-order chi connectivity index (χ0) is 13.0. The van der Waals surface area contributed by atoms with Crippen LogP contribution in [0.5, 0.6) is 0 Å². The number of carboxylic acids is 1. The third-order valence-electron chi connectivity index (χ3n) is 2.03. The van der Waals surface area contributed by atoms with Gasteiger partial charge in [0, 0.05) is 26.2 Å². The minimum atomic E-state index is -1.19. The maximum absolute atomic E-state index is 11.0. The lowest BCUT2D eigenvalue weighted by atomic mass is 10.1. The largest absolute Gasteiger partial charge is 0.478 e. The van der Waals surface area contributed by atoms with Crippen molar-refractivity contribution in [3.05, 3.63) is 45.6 Å². The van der Waals surface area contributed by atoms with Crippen molar-refractivity contribution in [2.24, 2.45) is 0 Å². The molecule has 0 aromatic heterocycles. The number of hydrogen-bond acceptors (Lipinski definition) is 4. The Kier molecular flexibility index (Phi) is 3.82. The normalized spacial score (nSPS) is 10.5. The van der Waals surface area contributed by atoms with E-state index < -0.39 is 10.9 Å². The quantitative estimate of drug-likeness (QED) is 0.636. The zero-order valence-electron chi connectivity index (χ0n) is 9.45. The fourth-order valence-corrected chi connectivity index (χ4v) is 1.22. The van der Waals surface area contributed by atoms with Crippen LogP contribution in [0, 0.1) is 10.1 Å². The van der Waals surface area contributed by atoms with Gasteiger partial charge in [0.2, 0.25) is 0 Å². The first-order chi connectivity index (χ1) is 7.91. The van der Waals surface area contributed by atoms with Crippen molar-refractivity contribution >= 4 is 17.7 Å². The molecule has 0 amide bonds. The third kappa shape index (κ3) is 3.30. The van der Waals surface area contributed by atoms with Gasteiger partial charge in [-0.2, -0.15) is 0 Å². The second-order valence-corrected chi connectivity index (χ2v) is 3.61. The highest BCUT2D eigenvalue weighted by Gasteiger charge is 2.14. The van der Waals surface area contributed by atoms with Crippen molar-refractivity contribution in [1.29, 1.82) is 0 Å². The van der Waals surface area contributed by atoms with Crippen LogP contribution in [0.2, 0.25) is 0 Å². The molecule has 0 aliphatic rings. The highest BCUT2D eigenvalue weighted by molar-refractivity contribution is 5.92. The number of benzene rings is 1. The van der Waals surface area contributed by atoms with Gasteiger partial charge in [0.15, 0.2) is 0 Å². The first-order valence-corrected chi connectivity index (χ1v) is 4.78. The summed E-state index contributed by atoms with van der Waals surface area (Å²) in [5.41, 5.74) is 0.110. The van der Waals surface area contributed by atoms with Crippen molar-refractivity contribution in [2.45, 2.75) is 0 Å². The standard InChI is InChI=1S/C11H12N2O4/c1-12(2)6-5-8-3-4-9(13(16)17)7-10(8)11(14)15/h3-7H,1-2H3,(H,14,15)/b6-5+. The molecule has 0 aliphatic heterocycles. The Bertz CT molecular complexity index is 480. The number of nitrogens with zero attached hydrogens (tertiary/aromatic N) is 2. The van der Waals surface area contributed by atoms with Gasteiger partial charge in [-0.05, 0) is 23.9 Å². The molecule has 1 aromatic rings. The second kappa shape index (κ2) is 5.11. The molecule has 6 heteroatoms. The predicted octanol–water partition coefficient (Wildman–Crippen LogP) is 1.83. The topological polar surface area (TPSA) is 83.7 Å². The number of hydrogen-bond donors (Lipinski definition) is 1. The van der Waals surface area contributed by atoms with Gasteiger partial charge in [-0.3, -0.25) is 10.1 Å². The lowest BCUT2D eigenvalue weighted by molar-refractivity contribution is -0.384. The first-order valence-electron chi connectivity index (χ1n) is 4.78. The molecule has 1 N–H and O–H groups in total. The van der Waals surface area contributed by atoms with Gasteiger partial charge < -0.3 is 10.0 Å². The zero-order valence-corrected chi connectivity index (χ0v) is 9.45. The van der Waals surface area contributed by atoms with Crippen molar-refractivity contribution < 1.29 is 14.8 Å². The Labute approximate surface area is 97.9 Å². The molecule has 0 atom stereocenters. The summed E-state index contributed by atoms with van der Waals surface area (Å²) in [4.78, 5) is 22.6. The van der Waals surface area contributed by atoms with Gasteiger partial charge in [0.25, 0.3) is 5.69 Å². The van der Waals surface area contributed by atoms with Gasteiger partial charge in [-0.25, -0.2) is 4.79 Å². The lowest BCUT2D eigenvalue weighted by Crippen LogP contribution is -2.03. The van der Waals surface area contributed by atoms with E-state index >= 15 is 0 Å². The van der Waals surface area contributed by atoms with Crippen molar-refractivity contribution in [3.63, 3.8) is 0 Å². The van der Waals surface area contributed by atoms with E-state index in [4.69, 9.17) is 5.11 Å². The summed E-state index contributed by atoms with van der Waals surface area (Å²) in [7, 11) is 3.59. The Hall–Kier alpha value is -2.37. The molecule has 0 fully saturated rings. The monoisotopic (exact) mass is 236 g/mol. The minimum absolute atomic E-state index is 0.0858. The molecule has 0 unspecified atom stereocenters. The summed E-state index contributed by atoms with van der Waals surface area (Å²) >= 11 is 0. The Balaban J connectivity index is 3.22. The molecule has 90 valence electrons. The molecular weight excluding hydrogens is 224 g/mol. The van der Waals surface area contributed by atoms with Crippen LogP contribution in [-0.4, -0.2) is 35.0 Å². The molecule has 0 bridgehead atoms. The molecular formula is C11H12N2O4. The van der Waals surface area contributed by atoms with Crippen LogP contribution in [0.4, 0.5) is 5.69 Å². The highest BCUT2D eigenvalue weighted by Crippen LogP contribution is 2.19. The number of non-ortho nitro benzene ring substituents is 1. The number of rotatable bonds is 4. The predicted molar refractivity (Wildman–Crippen MR) is 62.8 cm³/mol. The summed E-state index contributed by atoms with van der Waals surface area (Å²) in [6, 6.07) is 3.75. The minimum Gasteiger partial charge on any atom is -0.478 e. The van der Waals surface area contributed by atoms with Crippen molar-refractivity contribution in [3.8, 4) is 0 Å². The van der Waals surface area contributed by atoms with Crippen molar-refractivity contribution in [2.75, 3.05) is 14.1 Å².